The van der Waals surface area contributed by atoms with Crippen molar-refractivity contribution in [2.24, 2.45) is 0 Å². The van der Waals surface area contributed by atoms with Crippen LogP contribution in [0.25, 0.3) is 0 Å². The maximum atomic E-state index is 14.2. The highest BCUT2D eigenvalue weighted by Crippen LogP contribution is 2.36. The van der Waals surface area contributed by atoms with E-state index >= 15 is 0 Å². The van der Waals surface area contributed by atoms with Crippen LogP contribution in [-0.2, 0) is 6.42 Å². The minimum absolute atomic E-state index is 0.0326. The molecule has 0 bridgehead atoms. The van der Waals surface area contributed by atoms with Crippen LogP contribution in [0.5, 0.6) is 11.5 Å². The molecule has 1 aliphatic rings. The van der Waals surface area contributed by atoms with Crippen molar-refractivity contribution in [2.45, 2.75) is 26.3 Å². The Labute approximate surface area is 136 Å². The summed E-state index contributed by atoms with van der Waals surface area (Å²) in [6.45, 7) is 6.03. The van der Waals surface area contributed by atoms with Crippen molar-refractivity contribution in [3.05, 3.63) is 58.9 Å². The number of nitrogens with two attached hydrogens (primary N) is 1. The second-order valence-corrected chi connectivity index (χ2v) is 5.64. The molecule has 2 N–H and O–H groups in total. The van der Waals surface area contributed by atoms with Gasteiger partial charge in [-0.05, 0) is 43.7 Å². The fraction of sp³-hybridized carbons (Fsp3) is 0.368. The van der Waals surface area contributed by atoms with E-state index in [1.165, 1.54) is 11.6 Å². The molecule has 0 saturated carbocycles. The Morgan fingerprint density at radius 1 is 1.04 bits per heavy atom. The zero-order valence-electron chi connectivity index (χ0n) is 13.6. The summed E-state index contributed by atoms with van der Waals surface area (Å²) in [4.78, 5) is 0. The van der Waals surface area contributed by atoms with E-state index in [0.29, 0.717) is 13.2 Å². The molecule has 0 spiro atoms. The summed E-state index contributed by atoms with van der Waals surface area (Å²) in [6, 6.07) is 11.1. The third kappa shape index (κ3) is 3.17. The SMILES string of the molecule is CCOc1cc2c(cc1OCC)[C@@H](c1ccccc1F)[NH2+]CC2. The average molecular weight is 316 g/mol. The molecule has 122 valence electrons. The first-order valence-corrected chi connectivity index (χ1v) is 8.24. The number of quaternary nitrogens is 1. The van der Waals surface area contributed by atoms with Crippen LogP contribution < -0.4 is 14.8 Å². The van der Waals surface area contributed by atoms with Gasteiger partial charge in [-0.2, -0.15) is 0 Å². The summed E-state index contributed by atoms with van der Waals surface area (Å²) in [5.41, 5.74) is 3.06. The number of hydrogen-bond donors (Lipinski definition) is 1. The van der Waals surface area contributed by atoms with E-state index in [1.807, 2.05) is 32.0 Å². The molecule has 1 atom stereocenters. The van der Waals surface area contributed by atoms with Crippen LogP contribution in [0.4, 0.5) is 4.39 Å². The van der Waals surface area contributed by atoms with Gasteiger partial charge < -0.3 is 14.8 Å². The van der Waals surface area contributed by atoms with Crippen molar-refractivity contribution in [1.82, 2.24) is 0 Å². The maximum Gasteiger partial charge on any atom is 0.161 e. The molecule has 3 nitrogen and oxygen atoms in total. The van der Waals surface area contributed by atoms with Gasteiger partial charge in [-0.15, -0.1) is 0 Å². The van der Waals surface area contributed by atoms with Gasteiger partial charge in [-0.1, -0.05) is 12.1 Å². The van der Waals surface area contributed by atoms with E-state index in [4.69, 9.17) is 9.47 Å². The van der Waals surface area contributed by atoms with Crippen LogP contribution in [0.2, 0.25) is 0 Å². The van der Waals surface area contributed by atoms with Gasteiger partial charge in [-0.3, -0.25) is 0 Å². The predicted molar refractivity (Wildman–Crippen MR) is 87.5 cm³/mol. The molecule has 2 aromatic carbocycles. The third-order valence-electron chi connectivity index (χ3n) is 4.20. The molecule has 2 aromatic rings. The predicted octanol–water partition coefficient (Wildman–Crippen LogP) is 2.83. The molecule has 1 aliphatic heterocycles. The topological polar surface area (TPSA) is 35.1 Å². The van der Waals surface area contributed by atoms with E-state index in [1.54, 1.807) is 6.07 Å². The second-order valence-electron chi connectivity index (χ2n) is 5.64. The number of hydrogen-bond acceptors (Lipinski definition) is 2. The Balaban J connectivity index is 2.07. The fourth-order valence-electron chi connectivity index (χ4n) is 3.21. The highest BCUT2D eigenvalue weighted by molar-refractivity contribution is 5.50. The molecule has 3 rings (SSSR count). The van der Waals surface area contributed by atoms with Gasteiger partial charge >= 0.3 is 0 Å². The highest BCUT2D eigenvalue weighted by atomic mass is 19.1. The van der Waals surface area contributed by atoms with E-state index in [2.05, 4.69) is 11.4 Å². The lowest BCUT2D eigenvalue weighted by atomic mass is 9.89. The van der Waals surface area contributed by atoms with Crippen LogP contribution >= 0.6 is 0 Å². The number of ether oxygens (including phenoxy) is 2. The molecular formula is C19H23FNO2+. The van der Waals surface area contributed by atoms with Crippen LogP contribution in [0.3, 0.4) is 0 Å². The molecule has 4 heteroatoms. The summed E-state index contributed by atoms with van der Waals surface area (Å²) in [5, 5.41) is 2.19. The maximum absolute atomic E-state index is 14.2. The van der Waals surface area contributed by atoms with Crippen molar-refractivity contribution in [3.63, 3.8) is 0 Å². The Bertz CT molecular complexity index is 687. The molecule has 0 aromatic heterocycles. The van der Waals surface area contributed by atoms with E-state index < -0.39 is 0 Å². The standard InChI is InChI=1S/C19H22FNO2/c1-3-22-17-11-13-9-10-21-19(14-7-5-6-8-16(14)20)15(13)12-18(17)23-4-2/h5-8,11-12,19,21H,3-4,9-10H2,1-2H3/p+1/t19-/m1/s1. The smallest absolute Gasteiger partial charge is 0.161 e. The molecule has 0 aliphatic carbocycles. The second kappa shape index (κ2) is 7.01. The number of benzene rings is 2. The van der Waals surface area contributed by atoms with Crippen LogP contribution in [0, 0.1) is 5.82 Å². The first-order chi connectivity index (χ1) is 11.2. The Hall–Kier alpha value is -2.07. The summed E-state index contributed by atoms with van der Waals surface area (Å²) < 4.78 is 25.7. The lowest BCUT2D eigenvalue weighted by Crippen LogP contribution is -2.87. The molecular weight excluding hydrogens is 293 g/mol. The highest BCUT2D eigenvalue weighted by Gasteiger charge is 2.29. The quantitative estimate of drug-likeness (QED) is 0.920. The summed E-state index contributed by atoms with van der Waals surface area (Å²) in [5.74, 6) is 1.36. The monoisotopic (exact) mass is 316 g/mol. The zero-order chi connectivity index (χ0) is 16.2. The van der Waals surface area contributed by atoms with Crippen molar-refractivity contribution < 1.29 is 19.2 Å². The molecule has 23 heavy (non-hydrogen) atoms. The first-order valence-electron chi connectivity index (χ1n) is 8.24. The average Bonchev–Trinajstić information content (AvgIpc) is 2.56. The van der Waals surface area contributed by atoms with Crippen LogP contribution in [0.15, 0.2) is 36.4 Å². The van der Waals surface area contributed by atoms with E-state index in [0.717, 1.165) is 35.6 Å². The van der Waals surface area contributed by atoms with Gasteiger partial charge in [0, 0.05) is 17.5 Å². The first kappa shape index (κ1) is 15.8. The largest absolute Gasteiger partial charge is 0.490 e. The lowest BCUT2D eigenvalue weighted by molar-refractivity contribution is -0.690. The van der Waals surface area contributed by atoms with Crippen molar-refractivity contribution >= 4 is 0 Å². The Kier molecular flexibility index (Phi) is 4.82. The number of fused-ring (bicyclic) bond motifs is 1. The lowest BCUT2D eigenvalue weighted by Gasteiger charge is -2.26. The normalized spacial score (nSPS) is 16.7. The number of rotatable bonds is 5. The van der Waals surface area contributed by atoms with Gasteiger partial charge in [-0.25, -0.2) is 4.39 Å². The van der Waals surface area contributed by atoms with Gasteiger partial charge in [0.25, 0.3) is 0 Å². The molecule has 0 saturated heterocycles. The van der Waals surface area contributed by atoms with Gasteiger partial charge in [0.15, 0.2) is 11.5 Å². The minimum Gasteiger partial charge on any atom is -0.490 e. The number of halogens is 1. The summed E-state index contributed by atoms with van der Waals surface area (Å²) in [7, 11) is 0. The van der Waals surface area contributed by atoms with Crippen molar-refractivity contribution in [3.8, 4) is 11.5 Å². The summed E-state index contributed by atoms with van der Waals surface area (Å²) >= 11 is 0. The van der Waals surface area contributed by atoms with Gasteiger partial charge in [0.2, 0.25) is 0 Å². The Morgan fingerprint density at radius 2 is 1.74 bits per heavy atom. The van der Waals surface area contributed by atoms with Crippen molar-refractivity contribution in [2.75, 3.05) is 19.8 Å². The summed E-state index contributed by atoms with van der Waals surface area (Å²) in [6.07, 6.45) is 0.951. The van der Waals surface area contributed by atoms with Gasteiger partial charge in [0.05, 0.1) is 19.8 Å². The molecule has 0 fully saturated rings. The van der Waals surface area contributed by atoms with E-state index in [-0.39, 0.29) is 11.9 Å². The van der Waals surface area contributed by atoms with E-state index in [9.17, 15) is 4.39 Å². The minimum atomic E-state index is -0.159. The molecule has 0 unspecified atom stereocenters. The molecule has 0 amide bonds. The van der Waals surface area contributed by atoms with Crippen LogP contribution in [-0.4, -0.2) is 19.8 Å². The molecule has 0 radical (unpaired) electrons. The Morgan fingerprint density at radius 3 is 2.43 bits per heavy atom. The zero-order valence-corrected chi connectivity index (χ0v) is 13.6. The fourth-order valence-corrected chi connectivity index (χ4v) is 3.21. The van der Waals surface area contributed by atoms with Crippen LogP contribution in [0.1, 0.15) is 36.6 Å². The molecule has 1 heterocycles. The van der Waals surface area contributed by atoms with Gasteiger partial charge in [0.1, 0.15) is 11.9 Å². The third-order valence-corrected chi connectivity index (χ3v) is 4.20. The van der Waals surface area contributed by atoms with Crippen molar-refractivity contribution in [1.29, 1.82) is 0 Å².